The van der Waals surface area contributed by atoms with E-state index in [2.05, 4.69) is 5.32 Å². The van der Waals surface area contributed by atoms with Crippen LogP contribution in [0.3, 0.4) is 0 Å². The van der Waals surface area contributed by atoms with E-state index < -0.39 is 34.3 Å². The number of anilines is 1. The van der Waals surface area contributed by atoms with Crippen molar-refractivity contribution >= 4 is 27.5 Å². The van der Waals surface area contributed by atoms with Crippen molar-refractivity contribution in [1.29, 1.82) is 0 Å². The summed E-state index contributed by atoms with van der Waals surface area (Å²) in [6, 6.07) is 16.7. The van der Waals surface area contributed by atoms with Gasteiger partial charge in [0.25, 0.3) is 10.0 Å². The molecule has 0 spiro atoms. The Morgan fingerprint density at radius 1 is 0.878 bits per heavy atom. The molecule has 0 aliphatic rings. The molecule has 3 rings (SSSR count). The van der Waals surface area contributed by atoms with Crippen LogP contribution in [-0.4, -0.2) is 43.8 Å². The van der Waals surface area contributed by atoms with Gasteiger partial charge in [0, 0.05) is 12.6 Å². The third-order valence-corrected chi connectivity index (χ3v) is 8.95. The minimum absolute atomic E-state index is 0.0107. The summed E-state index contributed by atoms with van der Waals surface area (Å²) >= 11 is 0. The Labute approximate surface area is 243 Å². The number of rotatable bonds is 12. The van der Waals surface area contributed by atoms with Gasteiger partial charge in [-0.2, -0.15) is 0 Å². The van der Waals surface area contributed by atoms with Crippen molar-refractivity contribution in [2.24, 2.45) is 0 Å². The molecule has 9 heteroatoms. The highest BCUT2D eigenvalue weighted by Crippen LogP contribution is 2.29. The van der Waals surface area contributed by atoms with Crippen LogP contribution in [0.2, 0.25) is 0 Å². The summed E-state index contributed by atoms with van der Waals surface area (Å²) in [5.41, 5.74) is 3.43. The molecule has 3 aromatic rings. The van der Waals surface area contributed by atoms with Crippen LogP contribution < -0.4 is 9.62 Å². The van der Waals surface area contributed by atoms with Crippen molar-refractivity contribution in [2.75, 3.05) is 10.8 Å². The van der Waals surface area contributed by atoms with Crippen molar-refractivity contribution in [3.05, 3.63) is 94.8 Å². The molecule has 2 amide bonds. The highest BCUT2D eigenvalue weighted by molar-refractivity contribution is 7.92. The van der Waals surface area contributed by atoms with Gasteiger partial charge in [0.05, 0.1) is 10.6 Å². The molecular formula is C32H40FN3O4S. The summed E-state index contributed by atoms with van der Waals surface area (Å²) in [5, 5.41) is 2.95. The number of hydrogen-bond acceptors (Lipinski definition) is 4. The second-order valence-corrected chi connectivity index (χ2v) is 12.4. The Balaban J connectivity index is 2.10. The third-order valence-electron chi connectivity index (χ3n) is 7.17. The lowest BCUT2D eigenvalue weighted by Gasteiger charge is -2.34. The molecule has 7 nitrogen and oxygen atoms in total. The smallest absolute Gasteiger partial charge is 0.264 e. The predicted molar refractivity (Wildman–Crippen MR) is 161 cm³/mol. The molecule has 2 atom stereocenters. The first-order chi connectivity index (χ1) is 19.4. The fourth-order valence-corrected chi connectivity index (χ4v) is 5.96. The first-order valence-electron chi connectivity index (χ1n) is 13.9. The molecule has 0 saturated heterocycles. The summed E-state index contributed by atoms with van der Waals surface area (Å²) in [7, 11) is -4.16. The number of hydrogen-bond donors (Lipinski definition) is 1. The van der Waals surface area contributed by atoms with E-state index in [1.807, 2.05) is 39.8 Å². The number of carbonyl (C=O) groups is 2. The molecule has 2 unspecified atom stereocenters. The van der Waals surface area contributed by atoms with E-state index in [0.29, 0.717) is 29.7 Å². The van der Waals surface area contributed by atoms with Gasteiger partial charge in [0.15, 0.2) is 0 Å². The van der Waals surface area contributed by atoms with Crippen molar-refractivity contribution in [2.45, 2.75) is 77.9 Å². The Bertz CT molecular complexity index is 1460. The molecule has 0 radical (unpaired) electrons. The molecule has 1 N–H and O–H groups in total. The maximum Gasteiger partial charge on any atom is 0.264 e. The van der Waals surface area contributed by atoms with Gasteiger partial charge < -0.3 is 10.2 Å². The second kappa shape index (κ2) is 13.8. The van der Waals surface area contributed by atoms with E-state index in [4.69, 9.17) is 0 Å². The van der Waals surface area contributed by atoms with Gasteiger partial charge >= 0.3 is 0 Å². The lowest BCUT2D eigenvalue weighted by Crippen LogP contribution is -2.53. The molecule has 0 heterocycles. The SMILES string of the molecule is CCC(C)NC(=O)C(CC)N(Cc1ccc(F)cc1)C(=O)CN(c1cc(C)ccc1C)S(=O)(=O)c1ccc(C)cc1. The zero-order chi connectivity index (χ0) is 30.3. The van der Waals surface area contributed by atoms with E-state index in [0.717, 1.165) is 15.4 Å². The van der Waals surface area contributed by atoms with Crippen molar-refractivity contribution in [3.8, 4) is 0 Å². The van der Waals surface area contributed by atoms with Crippen LogP contribution in [0.1, 0.15) is 55.9 Å². The number of halogens is 1. The molecular weight excluding hydrogens is 541 g/mol. The monoisotopic (exact) mass is 581 g/mol. The second-order valence-electron chi connectivity index (χ2n) is 10.5. The van der Waals surface area contributed by atoms with E-state index in [1.165, 1.54) is 29.2 Å². The summed E-state index contributed by atoms with van der Waals surface area (Å²) in [5.74, 6) is -1.28. The zero-order valence-electron chi connectivity index (χ0n) is 24.6. The molecule has 0 aliphatic heterocycles. The summed E-state index contributed by atoms with van der Waals surface area (Å²) in [4.78, 5) is 28.9. The van der Waals surface area contributed by atoms with Gasteiger partial charge in [-0.1, -0.05) is 55.8 Å². The van der Waals surface area contributed by atoms with Crippen LogP contribution in [0.5, 0.6) is 0 Å². The van der Waals surface area contributed by atoms with Gasteiger partial charge in [0.1, 0.15) is 18.4 Å². The number of nitrogens with one attached hydrogen (secondary N) is 1. The molecule has 0 saturated carbocycles. The average molecular weight is 582 g/mol. The molecule has 0 aliphatic carbocycles. The van der Waals surface area contributed by atoms with Gasteiger partial charge in [-0.3, -0.25) is 13.9 Å². The first kappa shape index (κ1) is 31.8. The highest BCUT2D eigenvalue weighted by atomic mass is 32.2. The number of benzene rings is 3. The highest BCUT2D eigenvalue weighted by Gasteiger charge is 2.34. The fourth-order valence-electron chi connectivity index (χ4n) is 4.49. The van der Waals surface area contributed by atoms with Crippen LogP contribution >= 0.6 is 0 Å². The number of nitrogens with zero attached hydrogens (tertiary/aromatic N) is 2. The topological polar surface area (TPSA) is 86.8 Å². The van der Waals surface area contributed by atoms with E-state index in [9.17, 15) is 22.4 Å². The van der Waals surface area contributed by atoms with Crippen molar-refractivity contribution < 1.29 is 22.4 Å². The Morgan fingerprint density at radius 2 is 1.49 bits per heavy atom. The lowest BCUT2D eigenvalue weighted by atomic mass is 10.1. The minimum atomic E-state index is -4.16. The largest absolute Gasteiger partial charge is 0.352 e. The molecule has 0 bridgehead atoms. The maximum atomic E-state index is 14.2. The molecule has 220 valence electrons. The number of amides is 2. The van der Waals surface area contributed by atoms with Gasteiger partial charge in [-0.05, 0) is 87.6 Å². The van der Waals surface area contributed by atoms with Gasteiger partial charge in [-0.25, -0.2) is 12.8 Å². The molecule has 0 fully saturated rings. The van der Waals surface area contributed by atoms with E-state index in [-0.39, 0.29) is 23.4 Å². The quantitative estimate of drug-likeness (QED) is 0.299. The Hall–Kier alpha value is -3.72. The van der Waals surface area contributed by atoms with E-state index in [1.54, 1.807) is 44.2 Å². The van der Waals surface area contributed by atoms with E-state index >= 15 is 0 Å². The van der Waals surface area contributed by atoms with Gasteiger partial charge in [0.2, 0.25) is 11.8 Å². The zero-order valence-corrected chi connectivity index (χ0v) is 25.5. The Morgan fingerprint density at radius 3 is 2.07 bits per heavy atom. The summed E-state index contributed by atoms with van der Waals surface area (Å²) in [6.07, 6.45) is 1.02. The van der Waals surface area contributed by atoms with Gasteiger partial charge in [-0.15, -0.1) is 0 Å². The number of sulfonamides is 1. The molecule has 3 aromatic carbocycles. The van der Waals surface area contributed by atoms with Crippen LogP contribution in [0.15, 0.2) is 71.6 Å². The first-order valence-corrected chi connectivity index (χ1v) is 15.3. The summed E-state index contributed by atoms with van der Waals surface area (Å²) in [6.45, 7) is 10.6. The fraction of sp³-hybridized carbons (Fsp3) is 0.375. The van der Waals surface area contributed by atoms with Crippen LogP contribution in [0, 0.1) is 26.6 Å². The van der Waals surface area contributed by atoms with Crippen LogP contribution in [0.4, 0.5) is 10.1 Å². The summed E-state index contributed by atoms with van der Waals surface area (Å²) < 4.78 is 42.9. The van der Waals surface area contributed by atoms with Crippen molar-refractivity contribution in [1.82, 2.24) is 10.2 Å². The maximum absolute atomic E-state index is 14.2. The normalized spacial score (nSPS) is 12.9. The Kier molecular flexibility index (Phi) is 10.7. The minimum Gasteiger partial charge on any atom is -0.352 e. The number of carbonyl (C=O) groups excluding carboxylic acids is 2. The van der Waals surface area contributed by atoms with Crippen LogP contribution in [0.25, 0.3) is 0 Å². The van der Waals surface area contributed by atoms with Crippen molar-refractivity contribution in [3.63, 3.8) is 0 Å². The molecule has 41 heavy (non-hydrogen) atoms. The standard InChI is InChI=1S/C32H40FN3O4S/c1-7-25(6)34-32(38)29(8-2)35(20-26-13-15-27(33)16-14-26)31(37)21-36(30-19-23(4)9-12-24(30)5)41(39,40)28-17-10-22(3)11-18-28/h9-19,25,29H,7-8,20-21H2,1-6H3,(H,34,38). The van der Waals surface area contributed by atoms with Crippen LogP contribution in [-0.2, 0) is 26.2 Å². The third kappa shape index (κ3) is 7.94. The lowest BCUT2D eigenvalue weighted by molar-refractivity contribution is -0.140. The average Bonchev–Trinajstić information content (AvgIpc) is 2.94. The number of aryl methyl sites for hydroxylation is 3. The predicted octanol–water partition coefficient (Wildman–Crippen LogP) is 5.67. The molecule has 0 aromatic heterocycles.